The van der Waals surface area contributed by atoms with Crippen LogP contribution in [0.25, 0.3) is 5.82 Å². The van der Waals surface area contributed by atoms with Gasteiger partial charge in [-0.2, -0.15) is 9.78 Å². The summed E-state index contributed by atoms with van der Waals surface area (Å²) in [4.78, 5) is 14.2. The van der Waals surface area contributed by atoms with Gasteiger partial charge in [-0.25, -0.2) is 10.1 Å². The molecule has 0 saturated carbocycles. The average Bonchev–Trinajstić information content (AvgIpc) is 3.40. The van der Waals surface area contributed by atoms with E-state index in [0.29, 0.717) is 12.2 Å². The van der Waals surface area contributed by atoms with Gasteiger partial charge in [-0.3, -0.25) is 4.79 Å². The Kier molecular flexibility index (Phi) is 8.03. The lowest BCUT2D eigenvalue weighted by Crippen LogP contribution is -3.10. The molecular formula is C21H30N9O2+. The number of hydrogen-bond donors (Lipinski definition) is 3. The second-order valence-electron chi connectivity index (χ2n) is 7.49. The fourth-order valence-electron chi connectivity index (χ4n) is 3.45. The lowest BCUT2D eigenvalue weighted by molar-refractivity contribution is -0.914. The first kappa shape index (κ1) is 23.1. The van der Waals surface area contributed by atoms with E-state index in [2.05, 4.69) is 51.9 Å². The molecule has 3 aromatic rings. The number of nitrogens with two attached hydrogens (primary N) is 1. The summed E-state index contributed by atoms with van der Waals surface area (Å²) < 4.78 is 6.13. The monoisotopic (exact) mass is 440 g/mol. The molecule has 0 aliphatic rings. The molecule has 11 nitrogen and oxygen atoms in total. The number of carbonyl (C=O) groups excluding carboxylic acids is 1. The lowest BCUT2D eigenvalue weighted by Gasteiger charge is -2.18. The second kappa shape index (κ2) is 11.1. The summed E-state index contributed by atoms with van der Waals surface area (Å²) in [5, 5.41) is 19.7. The maximum Gasteiger partial charge on any atom is 0.294 e. The maximum absolute atomic E-state index is 12.9. The van der Waals surface area contributed by atoms with E-state index in [9.17, 15) is 4.79 Å². The molecular weight excluding hydrogens is 410 g/mol. The molecule has 11 heteroatoms. The number of quaternary nitrogens is 1. The van der Waals surface area contributed by atoms with Crippen molar-refractivity contribution in [2.24, 2.45) is 5.10 Å². The minimum Gasteiger partial charge on any atom is -0.378 e. The predicted molar refractivity (Wildman–Crippen MR) is 119 cm³/mol. The number of hydrogen-bond acceptors (Lipinski definition) is 8. The average molecular weight is 441 g/mol. The van der Waals surface area contributed by atoms with Gasteiger partial charge in [-0.1, -0.05) is 50.3 Å². The summed E-state index contributed by atoms with van der Waals surface area (Å²) in [5.74, 6) is -0.183. The molecule has 0 unspecified atom stereocenters. The fourth-order valence-corrected chi connectivity index (χ4v) is 3.45. The van der Waals surface area contributed by atoms with Crippen LogP contribution in [0.15, 0.2) is 34.0 Å². The standard InChI is InChI=1S/C21H29N9O2/c1-4-11-29(12-5-2)14-17-18(24-28-30(17)20-19(22)26-32-27-20)21(31)25-23-13-16-9-7-15(6-3)8-10-16/h7-10,13H,4-6,11-12,14H2,1-3H3,(H2,22,26)(H,25,31)/p+1. The van der Waals surface area contributed by atoms with Crippen molar-refractivity contribution in [2.75, 3.05) is 18.8 Å². The van der Waals surface area contributed by atoms with E-state index in [4.69, 9.17) is 10.4 Å². The molecule has 0 bridgehead atoms. The molecule has 1 amide bonds. The molecule has 4 N–H and O–H groups in total. The first-order valence-corrected chi connectivity index (χ1v) is 10.9. The van der Waals surface area contributed by atoms with Crippen LogP contribution in [0, 0.1) is 0 Å². The van der Waals surface area contributed by atoms with Crippen LogP contribution in [0.5, 0.6) is 0 Å². The zero-order valence-corrected chi connectivity index (χ0v) is 18.7. The molecule has 0 atom stereocenters. The molecule has 0 spiro atoms. The zero-order valence-electron chi connectivity index (χ0n) is 18.7. The number of amides is 1. The number of anilines is 1. The quantitative estimate of drug-likeness (QED) is 0.295. The van der Waals surface area contributed by atoms with Gasteiger partial charge in [0.05, 0.1) is 19.3 Å². The van der Waals surface area contributed by atoms with E-state index in [1.54, 1.807) is 6.21 Å². The molecule has 0 aliphatic heterocycles. The molecule has 0 radical (unpaired) electrons. The highest BCUT2D eigenvalue weighted by atomic mass is 16.6. The summed E-state index contributed by atoms with van der Waals surface area (Å²) in [6.45, 7) is 8.75. The van der Waals surface area contributed by atoms with Crippen LogP contribution < -0.4 is 16.1 Å². The van der Waals surface area contributed by atoms with Crippen molar-refractivity contribution in [3.05, 3.63) is 46.8 Å². The number of benzene rings is 1. The molecule has 0 aliphatic carbocycles. The van der Waals surface area contributed by atoms with Crippen LogP contribution in [0.2, 0.25) is 0 Å². The Balaban J connectivity index is 1.83. The normalized spacial score (nSPS) is 11.5. The Labute approximate surface area is 186 Å². The smallest absolute Gasteiger partial charge is 0.294 e. The molecule has 0 saturated heterocycles. The highest BCUT2D eigenvalue weighted by Crippen LogP contribution is 2.15. The van der Waals surface area contributed by atoms with Crippen molar-refractivity contribution in [1.29, 1.82) is 0 Å². The Morgan fingerprint density at radius 1 is 1.19 bits per heavy atom. The highest BCUT2D eigenvalue weighted by molar-refractivity contribution is 5.94. The first-order valence-electron chi connectivity index (χ1n) is 10.9. The third-order valence-corrected chi connectivity index (χ3v) is 5.07. The topological polar surface area (TPSA) is 142 Å². The highest BCUT2D eigenvalue weighted by Gasteiger charge is 2.26. The van der Waals surface area contributed by atoms with Gasteiger partial charge in [-0.05, 0) is 40.7 Å². The Hall–Kier alpha value is -3.60. The van der Waals surface area contributed by atoms with Gasteiger partial charge in [0.2, 0.25) is 11.6 Å². The van der Waals surface area contributed by atoms with E-state index in [0.717, 1.165) is 37.9 Å². The number of rotatable bonds is 11. The fraction of sp³-hybridized carbons (Fsp3) is 0.429. The van der Waals surface area contributed by atoms with Crippen molar-refractivity contribution >= 4 is 17.9 Å². The van der Waals surface area contributed by atoms with E-state index in [1.165, 1.54) is 15.1 Å². The van der Waals surface area contributed by atoms with Gasteiger partial charge < -0.3 is 10.6 Å². The van der Waals surface area contributed by atoms with Crippen LogP contribution in [-0.2, 0) is 13.0 Å². The molecule has 1 aromatic carbocycles. The van der Waals surface area contributed by atoms with Gasteiger partial charge >= 0.3 is 0 Å². The van der Waals surface area contributed by atoms with E-state index < -0.39 is 5.91 Å². The number of aromatic nitrogens is 5. The van der Waals surface area contributed by atoms with Crippen LogP contribution in [0.4, 0.5) is 5.82 Å². The van der Waals surface area contributed by atoms with Crippen LogP contribution in [-0.4, -0.2) is 50.5 Å². The largest absolute Gasteiger partial charge is 0.378 e. The van der Waals surface area contributed by atoms with Crippen molar-refractivity contribution in [3.8, 4) is 5.82 Å². The van der Waals surface area contributed by atoms with Crippen molar-refractivity contribution in [2.45, 2.75) is 46.6 Å². The summed E-state index contributed by atoms with van der Waals surface area (Å²) in [7, 11) is 0. The number of nitrogen functional groups attached to an aromatic ring is 1. The number of hydrazone groups is 1. The van der Waals surface area contributed by atoms with Crippen molar-refractivity contribution in [1.82, 2.24) is 30.7 Å². The summed E-state index contributed by atoms with van der Waals surface area (Å²) in [5.41, 5.74) is 11.3. The molecule has 170 valence electrons. The van der Waals surface area contributed by atoms with E-state index in [-0.39, 0.29) is 17.3 Å². The maximum atomic E-state index is 12.9. The third-order valence-electron chi connectivity index (χ3n) is 5.07. The molecule has 3 rings (SSSR count). The third kappa shape index (κ3) is 5.55. The Bertz CT molecular complexity index is 1030. The molecule has 32 heavy (non-hydrogen) atoms. The molecule has 2 heterocycles. The predicted octanol–water partition coefficient (Wildman–Crippen LogP) is 0.764. The summed E-state index contributed by atoms with van der Waals surface area (Å²) in [6.07, 6.45) is 4.57. The lowest BCUT2D eigenvalue weighted by atomic mass is 10.1. The number of nitrogens with one attached hydrogen (secondary N) is 2. The summed E-state index contributed by atoms with van der Waals surface area (Å²) >= 11 is 0. The summed E-state index contributed by atoms with van der Waals surface area (Å²) in [6, 6.07) is 7.96. The van der Waals surface area contributed by atoms with Gasteiger partial charge in [0.15, 0.2) is 5.69 Å². The van der Waals surface area contributed by atoms with E-state index >= 15 is 0 Å². The SMILES string of the molecule is CCC[NH+](CCC)Cc1c(C(=O)NN=Cc2ccc(CC)cc2)nnn1-c1nonc1N. The Morgan fingerprint density at radius 2 is 1.91 bits per heavy atom. The minimum absolute atomic E-state index is 0.0733. The van der Waals surface area contributed by atoms with Gasteiger partial charge in [-0.15, -0.1) is 5.10 Å². The number of aryl methyl sites for hydroxylation is 1. The van der Waals surface area contributed by atoms with Gasteiger partial charge in [0, 0.05) is 0 Å². The zero-order chi connectivity index (χ0) is 22.9. The molecule has 2 aromatic heterocycles. The van der Waals surface area contributed by atoms with Crippen LogP contribution in [0.3, 0.4) is 0 Å². The van der Waals surface area contributed by atoms with Gasteiger partial charge in [0.25, 0.3) is 5.91 Å². The second-order valence-corrected chi connectivity index (χ2v) is 7.49. The number of nitrogens with zero attached hydrogens (tertiary/aromatic N) is 6. The van der Waals surface area contributed by atoms with Crippen molar-refractivity contribution < 1.29 is 14.3 Å². The minimum atomic E-state index is -0.463. The molecule has 0 fully saturated rings. The van der Waals surface area contributed by atoms with Crippen molar-refractivity contribution in [3.63, 3.8) is 0 Å². The first-order chi connectivity index (χ1) is 15.6. The van der Waals surface area contributed by atoms with Crippen LogP contribution >= 0.6 is 0 Å². The van der Waals surface area contributed by atoms with E-state index in [1.807, 2.05) is 24.3 Å². The number of carbonyl (C=O) groups is 1. The van der Waals surface area contributed by atoms with Gasteiger partial charge in [0.1, 0.15) is 12.2 Å². The van der Waals surface area contributed by atoms with Crippen LogP contribution in [0.1, 0.15) is 60.9 Å². The Morgan fingerprint density at radius 3 is 2.50 bits per heavy atom.